The quantitative estimate of drug-likeness (QED) is 0.745. The van der Waals surface area contributed by atoms with E-state index >= 15 is 0 Å². The van der Waals surface area contributed by atoms with E-state index in [-0.39, 0.29) is 0 Å². The zero-order valence-corrected chi connectivity index (χ0v) is 11.1. The van der Waals surface area contributed by atoms with Crippen LogP contribution in [-0.4, -0.2) is 19.2 Å². The molecule has 3 rings (SSSR count). The summed E-state index contributed by atoms with van der Waals surface area (Å²) in [5.74, 6) is 1.10. The molecular weight excluding hydrogens is 222 g/mol. The summed E-state index contributed by atoms with van der Waals surface area (Å²) in [5, 5.41) is 3.57. The summed E-state index contributed by atoms with van der Waals surface area (Å²) >= 11 is 0. The van der Waals surface area contributed by atoms with Crippen molar-refractivity contribution in [3.05, 3.63) is 29.3 Å². The Labute approximate surface area is 110 Å². The van der Waals surface area contributed by atoms with E-state index in [9.17, 15) is 0 Å². The van der Waals surface area contributed by atoms with Gasteiger partial charge in [0.05, 0.1) is 6.61 Å². The van der Waals surface area contributed by atoms with Crippen molar-refractivity contribution in [3.63, 3.8) is 0 Å². The van der Waals surface area contributed by atoms with E-state index in [0.717, 1.165) is 24.8 Å². The van der Waals surface area contributed by atoms with Crippen molar-refractivity contribution < 1.29 is 4.74 Å². The van der Waals surface area contributed by atoms with Crippen molar-refractivity contribution in [2.24, 2.45) is 0 Å². The van der Waals surface area contributed by atoms with Gasteiger partial charge in [-0.2, -0.15) is 0 Å². The maximum absolute atomic E-state index is 5.53. The first-order valence-electron chi connectivity index (χ1n) is 7.40. The first kappa shape index (κ1) is 12.0. The summed E-state index contributed by atoms with van der Waals surface area (Å²) in [6.45, 7) is 2.08. The second kappa shape index (κ2) is 5.75. The molecule has 1 heterocycles. The van der Waals surface area contributed by atoms with Gasteiger partial charge in [0, 0.05) is 12.5 Å². The number of unbranched alkanes of at least 4 members (excludes halogenated alkanes) is 2. The summed E-state index contributed by atoms with van der Waals surface area (Å²) < 4.78 is 5.53. The normalized spacial score (nSPS) is 17.6. The fraction of sp³-hybridized carbons (Fsp3) is 0.625. The molecule has 18 heavy (non-hydrogen) atoms. The molecule has 2 heteroatoms. The smallest absolute Gasteiger partial charge is 0.122 e. The van der Waals surface area contributed by atoms with E-state index in [1.54, 1.807) is 0 Å². The van der Waals surface area contributed by atoms with Crippen LogP contribution >= 0.6 is 0 Å². The number of fused-ring (bicyclic) bond motifs is 1. The van der Waals surface area contributed by atoms with Crippen molar-refractivity contribution >= 4 is 0 Å². The molecule has 1 saturated carbocycles. The largest absolute Gasteiger partial charge is 0.493 e. The molecule has 1 aliphatic carbocycles. The summed E-state index contributed by atoms with van der Waals surface area (Å²) in [4.78, 5) is 0. The van der Waals surface area contributed by atoms with Crippen LogP contribution in [0.25, 0.3) is 0 Å². The van der Waals surface area contributed by atoms with Crippen molar-refractivity contribution in [1.29, 1.82) is 0 Å². The molecule has 1 fully saturated rings. The van der Waals surface area contributed by atoms with E-state index < -0.39 is 0 Å². The fourth-order valence-corrected chi connectivity index (χ4v) is 2.62. The van der Waals surface area contributed by atoms with Crippen LogP contribution in [-0.2, 0) is 12.8 Å². The minimum absolute atomic E-state index is 0.863. The summed E-state index contributed by atoms with van der Waals surface area (Å²) in [7, 11) is 0. The Morgan fingerprint density at radius 1 is 1.17 bits per heavy atom. The fourth-order valence-electron chi connectivity index (χ4n) is 2.62. The molecule has 0 amide bonds. The number of aryl methyl sites for hydroxylation is 1. The van der Waals surface area contributed by atoms with Crippen LogP contribution in [0.15, 0.2) is 18.2 Å². The predicted octanol–water partition coefficient (Wildman–Crippen LogP) is 3.09. The average molecular weight is 245 g/mol. The zero-order chi connectivity index (χ0) is 12.2. The lowest BCUT2D eigenvalue weighted by Gasteiger charge is -2.05. The molecule has 0 saturated heterocycles. The molecule has 98 valence electrons. The van der Waals surface area contributed by atoms with Crippen molar-refractivity contribution in [1.82, 2.24) is 5.32 Å². The van der Waals surface area contributed by atoms with Gasteiger partial charge in [-0.1, -0.05) is 18.6 Å². The summed E-state index contributed by atoms with van der Waals surface area (Å²) in [5.41, 5.74) is 2.89. The molecule has 0 aromatic heterocycles. The maximum Gasteiger partial charge on any atom is 0.122 e. The zero-order valence-electron chi connectivity index (χ0n) is 11.1. The van der Waals surface area contributed by atoms with Crippen LogP contribution < -0.4 is 10.1 Å². The second-order valence-electron chi connectivity index (χ2n) is 5.58. The molecule has 0 bridgehead atoms. The van der Waals surface area contributed by atoms with Crippen LogP contribution in [0.3, 0.4) is 0 Å². The number of hydrogen-bond donors (Lipinski definition) is 1. The Morgan fingerprint density at radius 2 is 2.11 bits per heavy atom. The highest BCUT2D eigenvalue weighted by molar-refractivity contribution is 5.39. The van der Waals surface area contributed by atoms with Crippen molar-refractivity contribution in [2.45, 2.75) is 51.0 Å². The first-order valence-corrected chi connectivity index (χ1v) is 7.40. The third-order valence-electron chi connectivity index (χ3n) is 3.91. The number of rotatable bonds is 7. The molecular formula is C16H23NO. The SMILES string of the molecule is c1cc2c(cc1CCCCCNC1CC1)CCO2. The summed E-state index contributed by atoms with van der Waals surface area (Å²) in [6, 6.07) is 7.57. The Kier molecular flexibility index (Phi) is 3.84. The van der Waals surface area contributed by atoms with Crippen LogP contribution in [0.5, 0.6) is 5.75 Å². The van der Waals surface area contributed by atoms with E-state index in [2.05, 4.69) is 23.5 Å². The molecule has 0 spiro atoms. The molecule has 1 aliphatic heterocycles. The third kappa shape index (κ3) is 3.26. The molecule has 0 radical (unpaired) electrons. The third-order valence-corrected chi connectivity index (χ3v) is 3.91. The van der Waals surface area contributed by atoms with Gasteiger partial charge in [0.15, 0.2) is 0 Å². The van der Waals surface area contributed by atoms with Gasteiger partial charge < -0.3 is 10.1 Å². The van der Waals surface area contributed by atoms with E-state index in [1.165, 1.54) is 56.2 Å². The van der Waals surface area contributed by atoms with E-state index in [4.69, 9.17) is 4.74 Å². The van der Waals surface area contributed by atoms with Gasteiger partial charge in [-0.3, -0.25) is 0 Å². The highest BCUT2D eigenvalue weighted by Crippen LogP contribution is 2.26. The first-order chi connectivity index (χ1) is 8.92. The number of nitrogens with one attached hydrogen (secondary N) is 1. The van der Waals surface area contributed by atoms with Gasteiger partial charge in [0.2, 0.25) is 0 Å². The van der Waals surface area contributed by atoms with Gasteiger partial charge >= 0.3 is 0 Å². The number of ether oxygens (including phenoxy) is 1. The molecule has 0 atom stereocenters. The lowest BCUT2D eigenvalue weighted by atomic mass is 10.0. The lowest BCUT2D eigenvalue weighted by Crippen LogP contribution is -2.17. The molecule has 1 aromatic carbocycles. The van der Waals surface area contributed by atoms with E-state index in [1.807, 2.05) is 0 Å². The minimum Gasteiger partial charge on any atom is -0.493 e. The molecule has 1 aromatic rings. The number of hydrogen-bond acceptors (Lipinski definition) is 2. The van der Waals surface area contributed by atoms with Crippen molar-refractivity contribution in [3.8, 4) is 5.75 Å². The lowest BCUT2D eigenvalue weighted by molar-refractivity contribution is 0.357. The molecule has 0 unspecified atom stereocenters. The maximum atomic E-state index is 5.53. The molecule has 2 nitrogen and oxygen atoms in total. The monoisotopic (exact) mass is 245 g/mol. The Hall–Kier alpha value is -1.02. The highest BCUT2D eigenvalue weighted by Gasteiger charge is 2.19. The van der Waals surface area contributed by atoms with Gasteiger partial charge in [-0.25, -0.2) is 0 Å². The topological polar surface area (TPSA) is 21.3 Å². The second-order valence-corrected chi connectivity index (χ2v) is 5.58. The van der Waals surface area contributed by atoms with Gasteiger partial charge in [0.25, 0.3) is 0 Å². The van der Waals surface area contributed by atoms with Gasteiger partial charge in [-0.15, -0.1) is 0 Å². The standard InChI is InChI=1S/C16H23NO/c1(3-10-17-15-6-7-15)2-4-13-5-8-16-14(12-13)9-11-18-16/h5,8,12,15,17H,1-4,6-7,9-11H2. The predicted molar refractivity (Wildman–Crippen MR) is 74.2 cm³/mol. The average Bonchev–Trinajstić information content (AvgIpc) is 3.09. The number of benzene rings is 1. The van der Waals surface area contributed by atoms with Crippen LogP contribution in [0.1, 0.15) is 43.2 Å². The molecule has 1 N–H and O–H groups in total. The Balaban J connectivity index is 1.34. The minimum atomic E-state index is 0.863. The highest BCUT2D eigenvalue weighted by atomic mass is 16.5. The van der Waals surface area contributed by atoms with Gasteiger partial charge in [0.1, 0.15) is 5.75 Å². The Bertz CT molecular complexity index is 398. The summed E-state index contributed by atoms with van der Waals surface area (Å²) in [6.07, 6.45) is 9.09. The van der Waals surface area contributed by atoms with Crippen LogP contribution in [0.2, 0.25) is 0 Å². The molecule has 2 aliphatic rings. The van der Waals surface area contributed by atoms with Gasteiger partial charge in [-0.05, 0) is 55.8 Å². The Morgan fingerprint density at radius 3 is 3.00 bits per heavy atom. The van der Waals surface area contributed by atoms with Crippen LogP contribution in [0.4, 0.5) is 0 Å². The van der Waals surface area contributed by atoms with Crippen LogP contribution in [0, 0.1) is 0 Å². The van der Waals surface area contributed by atoms with Crippen molar-refractivity contribution in [2.75, 3.05) is 13.2 Å². The van der Waals surface area contributed by atoms with E-state index in [0.29, 0.717) is 0 Å².